The summed E-state index contributed by atoms with van der Waals surface area (Å²) in [5.41, 5.74) is 2.83. The molecule has 0 unspecified atom stereocenters. The van der Waals surface area contributed by atoms with Crippen molar-refractivity contribution in [1.82, 2.24) is 19.7 Å². The van der Waals surface area contributed by atoms with Gasteiger partial charge in [-0.2, -0.15) is 5.10 Å². The van der Waals surface area contributed by atoms with E-state index < -0.39 is 0 Å². The van der Waals surface area contributed by atoms with E-state index in [0.29, 0.717) is 12.2 Å². The van der Waals surface area contributed by atoms with Crippen molar-refractivity contribution in [2.75, 3.05) is 44.3 Å². The van der Waals surface area contributed by atoms with E-state index in [1.807, 2.05) is 24.8 Å². The van der Waals surface area contributed by atoms with Crippen LogP contribution in [0.4, 0.5) is 5.13 Å². The minimum Gasteiger partial charge on any atom is -0.379 e. The van der Waals surface area contributed by atoms with E-state index in [-0.39, 0.29) is 11.9 Å². The highest BCUT2D eigenvalue weighted by Gasteiger charge is 2.25. The molecule has 0 saturated carbocycles. The normalized spacial score (nSPS) is 15.1. The van der Waals surface area contributed by atoms with Crippen LogP contribution in [0.25, 0.3) is 10.2 Å². The molecule has 0 radical (unpaired) electrons. The molecule has 0 aliphatic carbocycles. The fourth-order valence-electron chi connectivity index (χ4n) is 3.99. The van der Waals surface area contributed by atoms with Gasteiger partial charge in [0.2, 0.25) is 0 Å². The Balaban J connectivity index is 1.62. The van der Waals surface area contributed by atoms with Crippen LogP contribution < -0.4 is 4.90 Å². The van der Waals surface area contributed by atoms with E-state index in [2.05, 4.69) is 35.1 Å². The van der Waals surface area contributed by atoms with Crippen LogP contribution in [-0.2, 0) is 11.2 Å². The number of amides is 1. The monoisotopic (exact) mass is 441 g/mol. The minimum atomic E-state index is -0.0368. The first-order valence-electron chi connectivity index (χ1n) is 11.1. The number of fused-ring (bicyclic) bond motifs is 1. The lowest BCUT2D eigenvalue weighted by molar-refractivity contribution is 0.0376. The fraction of sp³-hybridized carbons (Fsp3) is 0.522. The van der Waals surface area contributed by atoms with Gasteiger partial charge in [-0.3, -0.25) is 19.3 Å². The van der Waals surface area contributed by atoms with Gasteiger partial charge in [-0.15, -0.1) is 0 Å². The van der Waals surface area contributed by atoms with E-state index in [9.17, 15) is 4.79 Å². The van der Waals surface area contributed by atoms with E-state index >= 15 is 0 Å². The predicted octanol–water partition coefficient (Wildman–Crippen LogP) is 4.01. The van der Waals surface area contributed by atoms with Gasteiger partial charge in [-0.05, 0) is 44.4 Å². The maximum atomic E-state index is 13.6. The summed E-state index contributed by atoms with van der Waals surface area (Å²) in [6.07, 6.45) is 3.51. The van der Waals surface area contributed by atoms with Crippen molar-refractivity contribution in [2.24, 2.45) is 0 Å². The number of hydrogen-bond donors (Lipinski definition) is 0. The number of morpholine rings is 1. The molecular formula is C23H31N5O2S. The molecule has 0 spiro atoms. The highest BCUT2D eigenvalue weighted by molar-refractivity contribution is 7.22. The number of para-hydroxylation sites is 1. The average Bonchev–Trinajstić information content (AvgIpc) is 3.44. The van der Waals surface area contributed by atoms with Gasteiger partial charge in [0, 0.05) is 38.4 Å². The van der Waals surface area contributed by atoms with Gasteiger partial charge >= 0.3 is 0 Å². The second-order valence-electron chi connectivity index (χ2n) is 8.13. The van der Waals surface area contributed by atoms with Crippen LogP contribution >= 0.6 is 11.3 Å². The summed E-state index contributed by atoms with van der Waals surface area (Å²) < 4.78 is 8.37. The molecule has 0 atom stereocenters. The van der Waals surface area contributed by atoms with Crippen LogP contribution in [0.3, 0.4) is 0 Å². The van der Waals surface area contributed by atoms with Crippen LogP contribution in [0, 0.1) is 0 Å². The number of benzene rings is 1. The molecule has 0 N–H and O–H groups in total. The van der Waals surface area contributed by atoms with E-state index in [1.54, 1.807) is 22.2 Å². The molecule has 1 fully saturated rings. The van der Waals surface area contributed by atoms with Gasteiger partial charge in [0.1, 0.15) is 5.69 Å². The number of aromatic nitrogens is 3. The third kappa shape index (κ3) is 4.81. The molecule has 31 heavy (non-hydrogen) atoms. The van der Waals surface area contributed by atoms with Crippen molar-refractivity contribution in [3.8, 4) is 0 Å². The molecule has 1 amide bonds. The van der Waals surface area contributed by atoms with Crippen molar-refractivity contribution in [3.05, 3.63) is 41.7 Å². The van der Waals surface area contributed by atoms with Crippen LogP contribution in [0.2, 0.25) is 0 Å². The quantitative estimate of drug-likeness (QED) is 0.529. The number of carbonyl (C=O) groups is 1. The van der Waals surface area contributed by atoms with Gasteiger partial charge in [-0.25, -0.2) is 4.98 Å². The molecule has 166 valence electrons. The Morgan fingerprint density at radius 3 is 2.81 bits per heavy atom. The number of anilines is 1. The average molecular weight is 442 g/mol. The molecule has 1 saturated heterocycles. The molecule has 3 heterocycles. The molecule has 0 bridgehead atoms. The summed E-state index contributed by atoms with van der Waals surface area (Å²) in [6, 6.07) is 8.20. The van der Waals surface area contributed by atoms with Crippen LogP contribution in [-0.4, -0.2) is 65.0 Å². The summed E-state index contributed by atoms with van der Waals surface area (Å²) in [4.78, 5) is 22.8. The lowest BCUT2D eigenvalue weighted by Gasteiger charge is -2.28. The Hall–Kier alpha value is -2.29. The fourth-order valence-corrected chi connectivity index (χ4v) is 5.03. The van der Waals surface area contributed by atoms with Gasteiger partial charge in [0.15, 0.2) is 5.13 Å². The minimum absolute atomic E-state index is 0.0368. The van der Waals surface area contributed by atoms with E-state index in [4.69, 9.17) is 9.72 Å². The first-order valence-corrected chi connectivity index (χ1v) is 11.9. The van der Waals surface area contributed by atoms with Gasteiger partial charge in [-0.1, -0.05) is 30.4 Å². The zero-order chi connectivity index (χ0) is 21.8. The number of rotatable bonds is 8. The molecule has 1 aliphatic heterocycles. The topological polar surface area (TPSA) is 63.5 Å². The number of ether oxygens (including phenoxy) is 1. The van der Waals surface area contributed by atoms with Crippen molar-refractivity contribution in [1.29, 1.82) is 0 Å². The van der Waals surface area contributed by atoms with Gasteiger partial charge < -0.3 is 4.74 Å². The predicted molar refractivity (Wildman–Crippen MR) is 125 cm³/mol. The Kier molecular flexibility index (Phi) is 6.99. The highest BCUT2D eigenvalue weighted by Crippen LogP contribution is 2.32. The maximum Gasteiger partial charge on any atom is 0.278 e. The molecule has 1 aliphatic rings. The Morgan fingerprint density at radius 2 is 2.06 bits per heavy atom. The van der Waals surface area contributed by atoms with Crippen molar-refractivity contribution >= 4 is 32.6 Å². The number of hydrogen-bond acceptors (Lipinski definition) is 6. The Morgan fingerprint density at radius 1 is 1.26 bits per heavy atom. The molecule has 8 heteroatoms. The van der Waals surface area contributed by atoms with E-state index in [1.165, 1.54) is 5.56 Å². The van der Waals surface area contributed by atoms with E-state index in [0.717, 1.165) is 61.0 Å². The van der Waals surface area contributed by atoms with Crippen molar-refractivity contribution in [3.63, 3.8) is 0 Å². The SMILES string of the molecule is CCc1cccc2sc(N(CCCN3CCOCC3)C(=O)c3ccnn3C(C)C)nc12. The second-order valence-corrected chi connectivity index (χ2v) is 9.14. The summed E-state index contributed by atoms with van der Waals surface area (Å²) in [5.74, 6) is -0.0368. The maximum absolute atomic E-state index is 13.6. The molecular weight excluding hydrogens is 410 g/mol. The smallest absolute Gasteiger partial charge is 0.278 e. The van der Waals surface area contributed by atoms with Crippen molar-refractivity contribution in [2.45, 2.75) is 39.7 Å². The first kappa shape index (κ1) is 21.9. The third-order valence-electron chi connectivity index (χ3n) is 5.69. The summed E-state index contributed by atoms with van der Waals surface area (Å²) >= 11 is 1.59. The summed E-state index contributed by atoms with van der Waals surface area (Å²) in [5, 5.41) is 5.13. The lowest BCUT2D eigenvalue weighted by Crippen LogP contribution is -2.39. The van der Waals surface area contributed by atoms with Gasteiger partial charge in [0.05, 0.1) is 23.4 Å². The number of thiazole rings is 1. The zero-order valence-electron chi connectivity index (χ0n) is 18.6. The van der Waals surface area contributed by atoms with Gasteiger partial charge in [0.25, 0.3) is 5.91 Å². The number of carbonyl (C=O) groups excluding carboxylic acids is 1. The zero-order valence-corrected chi connectivity index (χ0v) is 19.4. The van der Waals surface area contributed by atoms with Crippen molar-refractivity contribution < 1.29 is 9.53 Å². The second kappa shape index (κ2) is 9.89. The number of aryl methyl sites for hydroxylation is 1. The Labute approximate surface area is 187 Å². The lowest BCUT2D eigenvalue weighted by atomic mass is 10.1. The molecule has 7 nitrogen and oxygen atoms in total. The largest absolute Gasteiger partial charge is 0.379 e. The van der Waals surface area contributed by atoms with Crippen LogP contribution in [0.1, 0.15) is 49.3 Å². The standard InChI is InChI=1S/C23H31N5O2S/c1-4-18-7-5-8-20-21(18)25-23(31-20)27(12-6-11-26-13-15-30-16-14-26)22(29)19-9-10-24-28(19)17(2)3/h5,7-10,17H,4,6,11-16H2,1-3H3. The third-order valence-corrected chi connectivity index (χ3v) is 6.73. The number of nitrogens with zero attached hydrogens (tertiary/aromatic N) is 5. The Bertz CT molecular complexity index is 1020. The summed E-state index contributed by atoms with van der Waals surface area (Å²) in [7, 11) is 0. The first-order chi connectivity index (χ1) is 15.1. The van der Waals surface area contributed by atoms with Crippen LogP contribution in [0.15, 0.2) is 30.5 Å². The summed E-state index contributed by atoms with van der Waals surface area (Å²) in [6.45, 7) is 11.3. The molecule has 4 rings (SSSR count). The van der Waals surface area contributed by atoms with Crippen LogP contribution in [0.5, 0.6) is 0 Å². The molecule has 3 aromatic rings. The molecule has 2 aromatic heterocycles. The highest BCUT2D eigenvalue weighted by atomic mass is 32.1. The molecule has 1 aromatic carbocycles.